The Morgan fingerprint density at radius 3 is 2.50 bits per heavy atom. The molecule has 0 radical (unpaired) electrons. The number of fused-ring (bicyclic) bond motifs is 1. The van der Waals surface area contributed by atoms with E-state index in [4.69, 9.17) is 0 Å². The molecule has 3 fully saturated rings. The van der Waals surface area contributed by atoms with Crippen LogP contribution in [0.4, 0.5) is 0 Å². The van der Waals surface area contributed by atoms with Crippen molar-refractivity contribution in [1.82, 2.24) is 9.80 Å². The highest BCUT2D eigenvalue weighted by molar-refractivity contribution is 7.91. The summed E-state index contributed by atoms with van der Waals surface area (Å²) < 4.78 is 23.3. The summed E-state index contributed by atoms with van der Waals surface area (Å²) in [5, 5.41) is 0. The van der Waals surface area contributed by atoms with E-state index in [-0.39, 0.29) is 35.4 Å². The first-order valence-corrected chi connectivity index (χ1v) is 9.06. The van der Waals surface area contributed by atoms with Crippen LogP contribution in [-0.2, 0) is 19.4 Å². The first kappa shape index (κ1) is 13.9. The minimum absolute atomic E-state index is 0.00306. The van der Waals surface area contributed by atoms with Gasteiger partial charge in [0.25, 0.3) is 0 Å². The molecule has 0 saturated carbocycles. The predicted molar refractivity (Wildman–Crippen MR) is 72.7 cm³/mol. The van der Waals surface area contributed by atoms with Crippen LogP contribution < -0.4 is 0 Å². The molecule has 20 heavy (non-hydrogen) atoms. The lowest BCUT2D eigenvalue weighted by Crippen LogP contribution is -2.67. The fourth-order valence-corrected chi connectivity index (χ4v) is 5.38. The van der Waals surface area contributed by atoms with E-state index in [1.165, 1.54) is 0 Å². The molecule has 0 aromatic rings. The van der Waals surface area contributed by atoms with E-state index >= 15 is 0 Å². The summed E-state index contributed by atoms with van der Waals surface area (Å²) in [4.78, 5) is 28.3. The van der Waals surface area contributed by atoms with Crippen molar-refractivity contribution in [3.05, 3.63) is 0 Å². The fraction of sp³-hybridized carbons (Fsp3) is 0.846. The highest BCUT2D eigenvalue weighted by Gasteiger charge is 2.48. The van der Waals surface area contributed by atoms with Gasteiger partial charge in [-0.1, -0.05) is 0 Å². The SMILES string of the molecule is CC1C(=O)N2CCCCC2C(=O)N1C1CCS(=O)(=O)C1. The normalized spacial score (nSPS) is 37.1. The molecule has 3 heterocycles. The second-order valence-corrected chi connectivity index (χ2v) is 8.25. The van der Waals surface area contributed by atoms with E-state index < -0.39 is 15.9 Å². The van der Waals surface area contributed by atoms with Gasteiger partial charge in [-0.15, -0.1) is 0 Å². The van der Waals surface area contributed by atoms with Gasteiger partial charge in [0, 0.05) is 12.6 Å². The topological polar surface area (TPSA) is 74.8 Å². The van der Waals surface area contributed by atoms with E-state index in [0.29, 0.717) is 19.4 Å². The molecular weight excluding hydrogens is 280 g/mol. The summed E-state index contributed by atoms with van der Waals surface area (Å²) >= 11 is 0. The molecule has 2 amide bonds. The van der Waals surface area contributed by atoms with Crippen molar-refractivity contribution in [3.8, 4) is 0 Å². The highest BCUT2D eigenvalue weighted by Crippen LogP contribution is 2.30. The Labute approximate surface area is 119 Å². The molecular formula is C13H20N2O4S. The number of nitrogens with zero attached hydrogens (tertiary/aromatic N) is 2. The first-order chi connectivity index (χ1) is 9.41. The zero-order valence-corrected chi connectivity index (χ0v) is 12.4. The average Bonchev–Trinajstić information content (AvgIpc) is 2.77. The van der Waals surface area contributed by atoms with Crippen molar-refractivity contribution in [2.24, 2.45) is 0 Å². The molecule has 0 spiro atoms. The van der Waals surface area contributed by atoms with Crippen molar-refractivity contribution in [2.75, 3.05) is 18.1 Å². The van der Waals surface area contributed by atoms with Crippen molar-refractivity contribution in [3.63, 3.8) is 0 Å². The molecule has 0 aromatic heterocycles. The third-order valence-corrected chi connectivity index (χ3v) is 6.45. The van der Waals surface area contributed by atoms with Crippen LogP contribution in [0.25, 0.3) is 0 Å². The molecule has 3 atom stereocenters. The molecule has 3 rings (SSSR count). The standard InChI is InChI=1S/C13H20N2O4S/c1-9-12(16)14-6-3-2-4-11(14)13(17)15(9)10-5-7-20(18,19)8-10/h9-11H,2-8H2,1H3. The summed E-state index contributed by atoms with van der Waals surface area (Å²) in [6.45, 7) is 2.37. The summed E-state index contributed by atoms with van der Waals surface area (Å²) in [6.07, 6.45) is 3.05. The third kappa shape index (κ3) is 2.12. The van der Waals surface area contributed by atoms with Crippen molar-refractivity contribution in [1.29, 1.82) is 0 Å². The molecule has 0 aromatic carbocycles. The van der Waals surface area contributed by atoms with Gasteiger partial charge in [-0.25, -0.2) is 8.42 Å². The summed E-state index contributed by atoms with van der Waals surface area (Å²) in [5.74, 6) is 0.0392. The minimum atomic E-state index is -3.06. The summed E-state index contributed by atoms with van der Waals surface area (Å²) in [7, 11) is -3.06. The molecule has 0 N–H and O–H groups in total. The maximum Gasteiger partial charge on any atom is 0.246 e. The molecule has 6 nitrogen and oxygen atoms in total. The number of piperidine rings is 1. The number of carbonyl (C=O) groups is 2. The zero-order valence-electron chi connectivity index (χ0n) is 11.6. The number of hydrogen-bond acceptors (Lipinski definition) is 4. The van der Waals surface area contributed by atoms with Gasteiger partial charge in [0.1, 0.15) is 12.1 Å². The Morgan fingerprint density at radius 1 is 1.10 bits per heavy atom. The summed E-state index contributed by atoms with van der Waals surface area (Å²) in [6, 6.07) is -1.22. The molecule has 3 aliphatic rings. The van der Waals surface area contributed by atoms with E-state index in [9.17, 15) is 18.0 Å². The van der Waals surface area contributed by atoms with Crippen LogP contribution >= 0.6 is 0 Å². The fourth-order valence-electron chi connectivity index (χ4n) is 3.66. The number of piperazine rings is 1. The smallest absolute Gasteiger partial charge is 0.246 e. The lowest BCUT2D eigenvalue weighted by molar-refractivity contribution is -0.165. The Hall–Kier alpha value is -1.11. The maximum atomic E-state index is 12.7. The minimum Gasteiger partial charge on any atom is -0.329 e. The van der Waals surface area contributed by atoms with E-state index in [1.54, 1.807) is 16.7 Å². The molecule has 3 unspecified atom stereocenters. The van der Waals surface area contributed by atoms with Crippen LogP contribution in [0.3, 0.4) is 0 Å². The molecule has 7 heteroatoms. The second kappa shape index (κ2) is 4.72. The molecule has 0 bridgehead atoms. The molecule has 0 aliphatic carbocycles. The Balaban J connectivity index is 1.87. The molecule has 3 aliphatic heterocycles. The van der Waals surface area contributed by atoms with Crippen molar-refractivity contribution >= 4 is 21.7 Å². The lowest BCUT2D eigenvalue weighted by atomic mass is 9.94. The van der Waals surface area contributed by atoms with E-state index in [1.807, 2.05) is 0 Å². The molecule has 3 saturated heterocycles. The lowest BCUT2D eigenvalue weighted by Gasteiger charge is -2.47. The number of hydrogen-bond donors (Lipinski definition) is 0. The third-order valence-electron chi connectivity index (χ3n) is 4.70. The number of carbonyl (C=O) groups excluding carboxylic acids is 2. The number of sulfone groups is 1. The van der Waals surface area contributed by atoms with Crippen LogP contribution in [0.2, 0.25) is 0 Å². The van der Waals surface area contributed by atoms with Crippen LogP contribution in [0.5, 0.6) is 0 Å². The van der Waals surface area contributed by atoms with Gasteiger partial charge in [0.05, 0.1) is 11.5 Å². The zero-order chi connectivity index (χ0) is 14.5. The first-order valence-electron chi connectivity index (χ1n) is 7.24. The van der Waals surface area contributed by atoms with E-state index in [2.05, 4.69) is 0 Å². The number of amides is 2. The average molecular weight is 300 g/mol. The second-order valence-electron chi connectivity index (χ2n) is 6.02. The predicted octanol–water partition coefficient (Wildman–Crippen LogP) is -0.215. The maximum absolute atomic E-state index is 12.7. The number of rotatable bonds is 1. The Bertz CT molecular complexity index is 545. The van der Waals surface area contributed by atoms with Crippen LogP contribution in [0, 0.1) is 0 Å². The van der Waals surface area contributed by atoms with Crippen LogP contribution in [0.1, 0.15) is 32.6 Å². The van der Waals surface area contributed by atoms with Gasteiger partial charge >= 0.3 is 0 Å². The highest BCUT2D eigenvalue weighted by atomic mass is 32.2. The van der Waals surface area contributed by atoms with Gasteiger partial charge < -0.3 is 9.80 Å². The Morgan fingerprint density at radius 2 is 1.85 bits per heavy atom. The van der Waals surface area contributed by atoms with Crippen LogP contribution in [-0.4, -0.2) is 66.2 Å². The van der Waals surface area contributed by atoms with Gasteiger partial charge in [-0.05, 0) is 32.6 Å². The van der Waals surface area contributed by atoms with Gasteiger partial charge in [-0.2, -0.15) is 0 Å². The molecule has 112 valence electrons. The quantitative estimate of drug-likeness (QED) is 0.671. The van der Waals surface area contributed by atoms with Gasteiger partial charge in [-0.3, -0.25) is 9.59 Å². The van der Waals surface area contributed by atoms with Crippen molar-refractivity contribution in [2.45, 2.75) is 50.7 Å². The van der Waals surface area contributed by atoms with Gasteiger partial charge in [0.15, 0.2) is 9.84 Å². The summed E-state index contributed by atoms with van der Waals surface area (Å²) in [5.41, 5.74) is 0. The van der Waals surface area contributed by atoms with Crippen LogP contribution in [0.15, 0.2) is 0 Å². The largest absolute Gasteiger partial charge is 0.329 e. The van der Waals surface area contributed by atoms with Gasteiger partial charge in [0.2, 0.25) is 11.8 Å². The Kier molecular flexibility index (Phi) is 3.27. The van der Waals surface area contributed by atoms with Crippen molar-refractivity contribution < 1.29 is 18.0 Å². The van der Waals surface area contributed by atoms with E-state index in [0.717, 1.165) is 12.8 Å². The monoisotopic (exact) mass is 300 g/mol.